The van der Waals surface area contributed by atoms with E-state index in [0.29, 0.717) is 17.4 Å². The van der Waals surface area contributed by atoms with Crippen LogP contribution in [0.25, 0.3) is 5.00 Å². The number of aromatic nitrogens is 3. The van der Waals surface area contributed by atoms with Gasteiger partial charge in [0, 0.05) is 21.0 Å². The number of aryl methyl sites for hydroxylation is 2. The molecule has 1 aliphatic rings. The van der Waals surface area contributed by atoms with Crippen LogP contribution in [0.2, 0.25) is 5.02 Å². The predicted octanol–water partition coefficient (Wildman–Crippen LogP) is 4.73. The Kier molecular flexibility index (Phi) is 7.97. The quantitative estimate of drug-likeness (QED) is 0.345. The maximum absolute atomic E-state index is 13.0. The summed E-state index contributed by atoms with van der Waals surface area (Å²) in [5, 5.41) is 13.4. The molecule has 1 amide bonds. The van der Waals surface area contributed by atoms with Crippen molar-refractivity contribution >= 4 is 45.9 Å². The van der Waals surface area contributed by atoms with Crippen LogP contribution in [0.4, 0.5) is 0 Å². The monoisotopic (exact) mass is 572 g/mol. The molecule has 4 heterocycles. The summed E-state index contributed by atoms with van der Waals surface area (Å²) in [6.45, 7) is 6.66. The molecule has 0 saturated heterocycles. The van der Waals surface area contributed by atoms with E-state index in [4.69, 9.17) is 22.3 Å². The molecule has 1 aliphatic heterocycles. The van der Waals surface area contributed by atoms with Crippen molar-refractivity contribution in [2.75, 3.05) is 13.1 Å². The zero-order chi connectivity index (χ0) is 27.5. The fourth-order valence-corrected chi connectivity index (χ4v) is 6.36. The fourth-order valence-electron chi connectivity index (χ4n) is 4.26. The van der Waals surface area contributed by atoms with Gasteiger partial charge in [-0.25, -0.2) is 0 Å². The number of hydrogen-bond acceptors (Lipinski definition) is 7. The topological polar surface area (TPSA) is 98.2 Å². The van der Waals surface area contributed by atoms with Crippen molar-refractivity contribution in [1.82, 2.24) is 20.1 Å². The van der Waals surface area contributed by atoms with E-state index >= 15 is 0 Å². The second kappa shape index (κ2) is 11.6. The molecule has 39 heavy (non-hydrogen) atoms. The van der Waals surface area contributed by atoms with Crippen molar-refractivity contribution in [3.63, 3.8) is 0 Å². The number of nitrogens with zero attached hydrogens (tertiary/aromatic N) is 4. The van der Waals surface area contributed by atoms with Gasteiger partial charge in [-0.3, -0.25) is 14.4 Å². The summed E-state index contributed by atoms with van der Waals surface area (Å²) < 4.78 is 2.03. The van der Waals surface area contributed by atoms with Crippen LogP contribution in [0.15, 0.2) is 41.4 Å². The number of aliphatic imine (C=N–C) groups is 1. The maximum Gasteiger partial charge on any atom is 0.223 e. The molecule has 3 aromatic heterocycles. The van der Waals surface area contributed by atoms with Gasteiger partial charge >= 0.3 is 0 Å². The number of benzene rings is 1. The Balaban J connectivity index is 1.41. The number of fused-ring (bicyclic) bond motifs is 3. The summed E-state index contributed by atoms with van der Waals surface area (Å²) in [5.74, 6) is 13.1. The van der Waals surface area contributed by atoms with Crippen LogP contribution in [0, 0.1) is 44.5 Å². The van der Waals surface area contributed by atoms with Crippen molar-refractivity contribution in [3.05, 3.63) is 84.4 Å². The summed E-state index contributed by atoms with van der Waals surface area (Å²) in [6.07, 6.45) is 0.113. The van der Waals surface area contributed by atoms with Gasteiger partial charge in [-0.1, -0.05) is 47.4 Å². The summed E-state index contributed by atoms with van der Waals surface area (Å²) in [6, 6.07) is 10.9. The van der Waals surface area contributed by atoms with Crippen molar-refractivity contribution in [1.29, 1.82) is 0 Å². The molecule has 0 bridgehead atoms. The van der Waals surface area contributed by atoms with E-state index in [1.165, 1.54) is 16.2 Å². The first-order chi connectivity index (χ1) is 18.9. The summed E-state index contributed by atoms with van der Waals surface area (Å²) in [5.41, 5.74) is 9.35. The van der Waals surface area contributed by atoms with E-state index in [9.17, 15) is 4.79 Å². The molecule has 3 N–H and O–H groups in total. The number of hydrogen-bond donors (Lipinski definition) is 2. The molecule has 1 unspecified atom stereocenters. The first-order valence-electron chi connectivity index (χ1n) is 12.3. The summed E-state index contributed by atoms with van der Waals surface area (Å²) in [4.78, 5) is 21.2. The highest BCUT2D eigenvalue weighted by Crippen LogP contribution is 2.39. The molecule has 10 heteroatoms. The first kappa shape index (κ1) is 26.9. The molecule has 4 aromatic rings. The minimum Gasteiger partial charge on any atom is -0.345 e. The average Bonchev–Trinajstić information content (AvgIpc) is 3.59. The highest BCUT2D eigenvalue weighted by molar-refractivity contribution is 7.15. The van der Waals surface area contributed by atoms with Crippen LogP contribution in [0.3, 0.4) is 0 Å². The number of rotatable bonds is 4. The molecule has 0 aliphatic carbocycles. The van der Waals surface area contributed by atoms with Crippen LogP contribution < -0.4 is 11.1 Å². The van der Waals surface area contributed by atoms with E-state index in [0.717, 1.165) is 43.0 Å². The highest BCUT2D eigenvalue weighted by atomic mass is 35.5. The minimum atomic E-state index is -0.523. The summed E-state index contributed by atoms with van der Waals surface area (Å²) in [7, 11) is 0. The Labute approximate surface area is 240 Å². The molecule has 196 valence electrons. The molecule has 7 nitrogen and oxygen atoms in total. The Hall–Kier alpha value is -3.73. The Morgan fingerprint density at radius 3 is 2.49 bits per heavy atom. The van der Waals surface area contributed by atoms with Crippen LogP contribution in [-0.2, 0) is 4.79 Å². The number of nitrogens with one attached hydrogen (secondary N) is 1. The lowest BCUT2D eigenvalue weighted by molar-refractivity contribution is -0.121. The van der Waals surface area contributed by atoms with E-state index in [1.807, 2.05) is 47.9 Å². The largest absolute Gasteiger partial charge is 0.345 e. The number of carbonyl (C=O) groups is 1. The number of halogens is 1. The van der Waals surface area contributed by atoms with Crippen LogP contribution in [0.5, 0.6) is 0 Å². The number of thiophene rings is 2. The third kappa shape index (κ3) is 5.68. The molecule has 5 rings (SSSR count). The van der Waals surface area contributed by atoms with Crippen molar-refractivity contribution in [2.24, 2.45) is 10.7 Å². The fraction of sp³-hybridized carbons (Fsp3) is 0.241. The SMILES string of the molecule is Cc1sc2c(c1C)C(c1ccc(Cl)cc1)=NC(CC(=O)NCC#Cc1ccc(C#CCN)s1)c1nnc(C)n1-2. The third-order valence-corrected chi connectivity index (χ3v) is 8.60. The van der Waals surface area contributed by atoms with Crippen LogP contribution >= 0.6 is 34.3 Å². The van der Waals surface area contributed by atoms with Crippen LogP contribution in [-0.4, -0.2) is 39.5 Å². The number of nitrogens with two attached hydrogens (primary N) is 1. The number of carbonyl (C=O) groups excluding carboxylic acids is 1. The Bertz CT molecular complexity index is 1710. The van der Waals surface area contributed by atoms with Gasteiger partial charge in [0.2, 0.25) is 5.91 Å². The van der Waals surface area contributed by atoms with Gasteiger partial charge in [-0.15, -0.1) is 32.9 Å². The van der Waals surface area contributed by atoms with E-state index in [2.05, 4.69) is 53.0 Å². The lowest BCUT2D eigenvalue weighted by Gasteiger charge is -2.12. The smallest absolute Gasteiger partial charge is 0.223 e. The van der Waals surface area contributed by atoms with Crippen molar-refractivity contribution < 1.29 is 4.79 Å². The maximum atomic E-state index is 13.0. The molecular formula is C29H25ClN6OS2. The molecule has 0 saturated carbocycles. The molecule has 1 atom stereocenters. The van der Waals surface area contributed by atoms with Gasteiger partial charge in [0.25, 0.3) is 0 Å². The molecular weight excluding hydrogens is 548 g/mol. The summed E-state index contributed by atoms with van der Waals surface area (Å²) >= 11 is 9.35. The molecule has 0 radical (unpaired) electrons. The van der Waals surface area contributed by atoms with Gasteiger partial charge < -0.3 is 11.1 Å². The predicted molar refractivity (Wildman–Crippen MR) is 158 cm³/mol. The Morgan fingerprint density at radius 1 is 1.05 bits per heavy atom. The van der Waals surface area contributed by atoms with Crippen molar-refractivity contribution in [2.45, 2.75) is 33.2 Å². The van der Waals surface area contributed by atoms with Gasteiger partial charge in [-0.05, 0) is 50.6 Å². The van der Waals surface area contributed by atoms with E-state index in [1.54, 1.807) is 11.3 Å². The standard InChI is InChI=1S/C29H25ClN6OS2/c1-17-18(2)38-29-26(17)27(20-8-10-21(30)11-9-20)33-24(28-35-34-19(3)36(28)29)16-25(37)32-15-5-7-23-13-12-22(39-23)6-4-14-31/h8-13,24H,14-16,31H2,1-3H3,(H,32,37). The van der Waals surface area contributed by atoms with E-state index in [-0.39, 0.29) is 18.9 Å². The number of amides is 1. The second-order valence-corrected chi connectivity index (χ2v) is 11.6. The van der Waals surface area contributed by atoms with Crippen molar-refractivity contribution in [3.8, 4) is 28.7 Å². The second-order valence-electron chi connectivity index (χ2n) is 8.86. The minimum absolute atomic E-state index is 0.113. The average molecular weight is 573 g/mol. The zero-order valence-corrected chi connectivity index (χ0v) is 24.0. The Morgan fingerprint density at radius 2 is 1.77 bits per heavy atom. The van der Waals surface area contributed by atoms with Gasteiger partial charge in [0.1, 0.15) is 16.9 Å². The molecule has 1 aromatic carbocycles. The third-order valence-electron chi connectivity index (χ3n) is 6.24. The lowest BCUT2D eigenvalue weighted by Crippen LogP contribution is -2.25. The van der Waals surface area contributed by atoms with Gasteiger partial charge in [0.05, 0.1) is 35.0 Å². The van der Waals surface area contributed by atoms with E-state index < -0.39 is 6.04 Å². The van der Waals surface area contributed by atoms with Crippen LogP contribution in [0.1, 0.15) is 55.4 Å². The molecule has 0 spiro atoms. The normalized spacial score (nSPS) is 13.7. The van der Waals surface area contributed by atoms with Gasteiger partial charge in [-0.2, -0.15) is 0 Å². The highest BCUT2D eigenvalue weighted by Gasteiger charge is 2.32. The molecule has 0 fully saturated rings. The zero-order valence-electron chi connectivity index (χ0n) is 21.6. The van der Waals surface area contributed by atoms with Gasteiger partial charge in [0.15, 0.2) is 5.82 Å². The first-order valence-corrected chi connectivity index (χ1v) is 14.3. The lowest BCUT2D eigenvalue weighted by atomic mass is 9.99.